The molecule has 4 aliphatic heterocycles. The molecule has 10 heteroatoms. The number of halogens is 3. The molecule has 0 saturated carbocycles. The fourth-order valence-corrected chi connectivity index (χ4v) is 6.15. The van der Waals surface area contributed by atoms with E-state index >= 15 is 0 Å². The number of likely N-dealkylation sites (tertiary alicyclic amines) is 2. The van der Waals surface area contributed by atoms with E-state index in [4.69, 9.17) is 14.6 Å². The number of carboxylic acids is 1. The topological polar surface area (TPSA) is 70.1 Å². The zero-order valence-electron chi connectivity index (χ0n) is 17.9. The van der Waals surface area contributed by atoms with Crippen LogP contribution in [0.3, 0.4) is 0 Å². The Hall–Kier alpha value is -1.00. The molecule has 0 aromatic carbocycles. The lowest BCUT2D eigenvalue weighted by atomic mass is 9.90. The first-order valence-corrected chi connectivity index (χ1v) is 12.4. The Morgan fingerprint density at radius 2 is 1.68 bits per heavy atom. The van der Waals surface area contributed by atoms with Crippen molar-refractivity contribution in [2.45, 2.75) is 69.2 Å². The van der Waals surface area contributed by atoms with Crippen LogP contribution in [0.4, 0.5) is 13.2 Å². The summed E-state index contributed by atoms with van der Waals surface area (Å²) in [5.74, 6) is 0.253. The lowest BCUT2D eigenvalue weighted by Gasteiger charge is -2.40. The van der Waals surface area contributed by atoms with Gasteiger partial charge in [-0.05, 0) is 76.0 Å². The summed E-state index contributed by atoms with van der Waals surface area (Å²) in [6.45, 7) is 5.37. The maximum atomic E-state index is 12.8. The number of ether oxygens (including phenoxy) is 1. The lowest BCUT2D eigenvalue weighted by Crippen LogP contribution is -2.47. The third kappa shape index (κ3) is 6.99. The maximum Gasteiger partial charge on any atom is 0.490 e. The molecule has 4 fully saturated rings. The SMILES string of the molecule is O=C(C1CCSCC1)N1CC[C@]2(CCC[C@H](CN3CCCC3)O2)C1.O=C(O)C(F)(F)F. The number of carboxylic acid groups (broad SMARTS) is 1. The lowest BCUT2D eigenvalue weighted by molar-refractivity contribution is -0.192. The summed E-state index contributed by atoms with van der Waals surface area (Å²) in [4.78, 5) is 26.4. The monoisotopic (exact) mass is 466 g/mol. The Balaban J connectivity index is 0.000000339. The largest absolute Gasteiger partial charge is 0.490 e. The van der Waals surface area contributed by atoms with Gasteiger partial charge >= 0.3 is 12.1 Å². The molecule has 4 heterocycles. The summed E-state index contributed by atoms with van der Waals surface area (Å²) < 4.78 is 38.4. The summed E-state index contributed by atoms with van der Waals surface area (Å²) in [5, 5.41) is 7.12. The molecule has 4 aliphatic rings. The molecule has 1 N–H and O–H groups in total. The maximum absolute atomic E-state index is 12.8. The van der Waals surface area contributed by atoms with Crippen molar-refractivity contribution in [3.8, 4) is 0 Å². The fourth-order valence-electron chi connectivity index (χ4n) is 5.04. The highest BCUT2D eigenvalue weighted by Crippen LogP contribution is 2.38. The van der Waals surface area contributed by atoms with E-state index in [2.05, 4.69) is 9.80 Å². The third-order valence-electron chi connectivity index (χ3n) is 6.68. The summed E-state index contributed by atoms with van der Waals surface area (Å²) in [5.41, 5.74) is -0.0261. The number of amides is 1. The number of hydrogen-bond donors (Lipinski definition) is 1. The smallest absolute Gasteiger partial charge is 0.475 e. The van der Waals surface area contributed by atoms with Crippen LogP contribution in [0.15, 0.2) is 0 Å². The molecule has 0 bridgehead atoms. The number of alkyl halides is 3. The summed E-state index contributed by atoms with van der Waals surface area (Å²) in [6, 6.07) is 0. The van der Waals surface area contributed by atoms with E-state index in [-0.39, 0.29) is 11.5 Å². The van der Waals surface area contributed by atoms with Crippen molar-refractivity contribution in [1.29, 1.82) is 0 Å². The molecule has 1 amide bonds. The van der Waals surface area contributed by atoms with Gasteiger partial charge in [0.2, 0.25) is 5.91 Å². The zero-order chi connectivity index (χ0) is 22.5. The van der Waals surface area contributed by atoms with Gasteiger partial charge in [-0.15, -0.1) is 0 Å². The van der Waals surface area contributed by atoms with Gasteiger partial charge in [-0.2, -0.15) is 24.9 Å². The van der Waals surface area contributed by atoms with E-state index in [1.807, 2.05) is 11.8 Å². The Kier molecular flexibility index (Phi) is 8.54. The Morgan fingerprint density at radius 3 is 2.29 bits per heavy atom. The number of rotatable bonds is 3. The van der Waals surface area contributed by atoms with E-state index < -0.39 is 12.1 Å². The van der Waals surface area contributed by atoms with E-state index in [0.29, 0.717) is 12.0 Å². The number of thioether (sulfide) groups is 1. The van der Waals surface area contributed by atoms with Gasteiger partial charge < -0.3 is 19.6 Å². The van der Waals surface area contributed by atoms with E-state index in [9.17, 15) is 18.0 Å². The zero-order valence-corrected chi connectivity index (χ0v) is 18.7. The highest BCUT2D eigenvalue weighted by atomic mass is 32.2. The predicted molar refractivity (Wildman–Crippen MR) is 112 cm³/mol. The van der Waals surface area contributed by atoms with Gasteiger partial charge in [0.1, 0.15) is 0 Å². The van der Waals surface area contributed by atoms with Gasteiger partial charge in [0.15, 0.2) is 0 Å². The summed E-state index contributed by atoms with van der Waals surface area (Å²) in [7, 11) is 0. The first kappa shape index (κ1) is 24.6. The number of carbonyl (C=O) groups excluding carboxylic acids is 1. The molecule has 2 atom stereocenters. The van der Waals surface area contributed by atoms with Gasteiger partial charge in [0, 0.05) is 25.6 Å². The van der Waals surface area contributed by atoms with Crippen LogP contribution in [0.25, 0.3) is 0 Å². The molecule has 0 radical (unpaired) electrons. The van der Waals surface area contributed by atoms with Crippen molar-refractivity contribution in [1.82, 2.24) is 9.80 Å². The van der Waals surface area contributed by atoms with Crippen molar-refractivity contribution >= 4 is 23.6 Å². The second-order valence-electron chi connectivity index (χ2n) is 9.02. The van der Waals surface area contributed by atoms with Crippen LogP contribution in [0.1, 0.15) is 51.4 Å². The molecule has 0 unspecified atom stereocenters. The van der Waals surface area contributed by atoms with Crippen LogP contribution >= 0.6 is 11.8 Å². The van der Waals surface area contributed by atoms with E-state index in [1.54, 1.807) is 0 Å². The number of carbonyl (C=O) groups is 2. The van der Waals surface area contributed by atoms with Crippen LogP contribution < -0.4 is 0 Å². The van der Waals surface area contributed by atoms with Crippen LogP contribution in [0, 0.1) is 5.92 Å². The Labute approximate surface area is 185 Å². The van der Waals surface area contributed by atoms with Gasteiger partial charge in [-0.3, -0.25) is 4.79 Å². The van der Waals surface area contributed by atoms with Crippen LogP contribution in [0.2, 0.25) is 0 Å². The molecule has 6 nitrogen and oxygen atoms in total. The molecule has 178 valence electrons. The van der Waals surface area contributed by atoms with Gasteiger partial charge in [0.25, 0.3) is 0 Å². The second kappa shape index (κ2) is 10.7. The highest BCUT2D eigenvalue weighted by Gasteiger charge is 2.45. The van der Waals surface area contributed by atoms with Crippen molar-refractivity contribution in [2.24, 2.45) is 5.92 Å². The van der Waals surface area contributed by atoms with Crippen molar-refractivity contribution in [3.05, 3.63) is 0 Å². The number of aliphatic carboxylic acids is 1. The van der Waals surface area contributed by atoms with Crippen LogP contribution in [0.5, 0.6) is 0 Å². The molecule has 1 spiro atoms. The molecule has 0 aliphatic carbocycles. The minimum atomic E-state index is -5.08. The van der Waals surface area contributed by atoms with Crippen molar-refractivity contribution in [3.63, 3.8) is 0 Å². The van der Waals surface area contributed by atoms with Crippen LogP contribution in [-0.2, 0) is 14.3 Å². The van der Waals surface area contributed by atoms with Gasteiger partial charge in [-0.1, -0.05) is 0 Å². The Bertz CT molecular complexity index is 624. The predicted octanol–water partition coefficient (Wildman–Crippen LogP) is 3.40. The quantitative estimate of drug-likeness (QED) is 0.688. The minimum absolute atomic E-state index is 0.0261. The highest BCUT2D eigenvalue weighted by molar-refractivity contribution is 7.99. The Morgan fingerprint density at radius 1 is 1.03 bits per heavy atom. The van der Waals surface area contributed by atoms with E-state index in [1.165, 1.54) is 38.8 Å². The standard InChI is InChI=1S/C19H32N2O2S.C2HF3O2/c22-18(16-5-12-24-13-6-16)21-11-8-19(15-21)7-3-4-17(23-19)14-20-9-1-2-10-20;3-2(4,5)1(6)7/h16-17H,1-15H2;(H,6,7)/t17-,19-;/m1./s1. The van der Waals surface area contributed by atoms with Crippen molar-refractivity contribution in [2.75, 3.05) is 44.2 Å². The van der Waals surface area contributed by atoms with Gasteiger partial charge in [0.05, 0.1) is 11.7 Å². The summed E-state index contributed by atoms with van der Waals surface area (Å²) in [6.07, 6.45) is 4.81. The average molecular weight is 467 g/mol. The fraction of sp³-hybridized carbons (Fsp3) is 0.905. The normalized spacial score (nSPS) is 30.3. The first-order chi connectivity index (χ1) is 14.7. The average Bonchev–Trinajstić information content (AvgIpc) is 3.38. The molecule has 31 heavy (non-hydrogen) atoms. The molecular weight excluding hydrogens is 433 g/mol. The minimum Gasteiger partial charge on any atom is -0.475 e. The number of nitrogens with zero attached hydrogens (tertiary/aromatic N) is 2. The van der Waals surface area contributed by atoms with Crippen molar-refractivity contribution < 1.29 is 32.6 Å². The summed E-state index contributed by atoms with van der Waals surface area (Å²) >= 11 is 2.00. The van der Waals surface area contributed by atoms with Gasteiger partial charge in [-0.25, -0.2) is 4.79 Å². The van der Waals surface area contributed by atoms with E-state index in [0.717, 1.165) is 56.8 Å². The molecule has 4 rings (SSSR count). The second-order valence-corrected chi connectivity index (χ2v) is 10.2. The van der Waals surface area contributed by atoms with Crippen LogP contribution in [-0.4, -0.2) is 88.9 Å². The molecule has 4 saturated heterocycles. The molecule has 0 aromatic heterocycles. The molecular formula is C21H33F3N2O4S. The number of hydrogen-bond acceptors (Lipinski definition) is 5. The third-order valence-corrected chi connectivity index (χ3v) is 7.73. The first-order valence-electron chi connectivity index (χ1n) is 11.3. The molecule has 0 aromatic rings.